The molecular weight excluding hydrogens is 1180 g/mol. The highest BCUT2D eigenvalue weighted by Gasteiger charge is 2.55. The molecule has 19 atom stereocenters. The molecule has 4 saturated heterocycles. The molecule has 41 nitrogen and oxygen atoms in total. The highest BCUT2D eigenvalue weighted by Crippen LogP contribution is 2.54. The van der Waals surface area contributed by atoms with Crippen molar-refractivity contribution in [3.05, 3.63) is 95.5 Å². The number of hydrogen-bond donors (Lipinski definition) is 14. The van der Waals surface area contributed by atoms with Gasteiger partial charge in [-0.25, -0.2) is 43.2 Å². The van der Waals surface area contributed by atoms with Crippen molar-refractivity contribution in [3.8, 4) is 0 Å². The number of fused-ring (bicyclic) bond motifs is 2. The van der Waals surface area contributed by atoms with Crippen LogP contribution in [-0.2, 0) is 59.8 Å². The Morgan fingerprint density at radius 3 is 1.46 bits per heavy atom. The van der Waals surface area contributed by atoms with Crippen LogP contribution in [0.15, 0.2) is 67.5 Å². The molecule has 0 saturated carbocycles. The first-order valence-corrected chi connectivity index (χ1v) is 28.1. The van der Waals surface area contributed by atoms with Gasteiger partial charge in [0.1, 0.15) is 85.1 Å². The van der Waals surface area contributed by atoms with E-state index in [1.807, 2.05) is 9.97 Å². The number of aliphatic hydroxyl groups is 6. The summed E-state index contributed by atoms with van der Waals surface area (Å²) < 4.78 is 98.6. The lowest BCUT2D eigenvalue weighted by atomic mass is 10.1. The van der Waals surface area contributed by atoms with Gasteiger partial charge in [0.25, 0.3) is 16.7 Å². The second kappa shape index (κ2) is 22.8. The highest BCUT2D eigenvalue weighted by atomic mass is 31.2. The van der Waals surface area contributed by atoms with E-state index >= 15 is 0 Å². The van der Waals surface area contributed by atoms with E-state index in [-0.39, 0.29) is 28.1 Å². The molecule has 44 heteroatoms. The Balaban J connectivity index is 0.864. The fraction of sp³-hybridized carbons (Fsp3) is 0.526. The number of nitrogen functional groups attached to an aromatic ring is 2. The van der Waals surface area contributed by atoms with Gasteiger partial charge >= 0.3 is 34.8 Å². The summed E-state index contributed by atoms with van der Waals surface area (Å²) in [7, 11) is -16.8. The van der Waals surface area contributed by atoms with Crippen LogP contribution < -0.4 is 39.5 Å². The first-order chi connectivity index (χ1) is 38.7. The number of aromatic nitrogens is 12. The Morgan fingerprint density at radius 1 is 0.537 bits per heavy atom. The lowest BCUT2D eigenvalue weighted by molar-refractivity contribution is -0.0652. The lowest BCUT2D eigenvalue weighted by Gasteiger charge is -2.26. The maximum atomic E-state index is 14.0. The standard InChI is InChI=1S/C38H47N14O27P3/c39-28-18-29(42-9-41-28)51(10-43-18)34-22(58)25(12(5-53)73-34)77-81(66,67)71-8-15-27(24(60)35(76-15)52-11-44-19-30(52)47-36(40)48-31(19)61)79-82(68,69)72-7-14-26(23(59)33(75-14)50-4-2-17(55)46-38(50)63)78-80(64,65)70-6-13-20(56)21(57)32(74-13)49-3-1-16(54)45-37(49)62/h1-4,9-15,20-27,32-35,53,56-60H,5-8H2,(H,64,65)(H,66,67)(H,68,69)(H2,39,41,42)(H,45,54,62)(H,46,55,63)(H3,40,47,48,61)/t12-,13-,14-,15-,20-,21-,22-,23-,24-,25-,26-,27-,32-,33-,34-,35-/m1/s1. The van der Waals surface area contributed by atoms with Crippen molar-refractivity contribution in [2.24, 2.45) is 0 Å². The van der Waals surface area contributed by atoms with Crippen LogP contribution in [0.5, 0.6) is 0 Å². The van der Waals surface area contributed by atoms with Gasteiger partial charge in [-0.1, -0.05) is 0 Å². The number of aromatic amines is 3. The molecule has 16 N–H and O–H groups in total. The molecule has 4 aliphatic rings. The number of nitrogens with zero attached hydrogens (tertiary/aromatic N) is 9. The minimum atomic E-state index is -5.76. The van der Waals surface area contributed by atoms with Crippen LogP contribution in [0.2, 0.25) is 0 Å². The van der Waals surface area contributed by atoms with E-state index in [0.29, 0.717) is 9.13 Å². The van der Waals surface area contributed by atoms with E-state index in [0.717, 1.165) is 48.1 Å². The van der Waals surface area contributed by atoms with Crippen molar-refractivity contribution in [1.29, 1.82) is 0 Å². The van der Waals surface area contributed by atoms with E-state index in [2.05, 4.69) is 29.9 Å². The van der Waals surface area contributed by atoms with Crippen LogP contribution >= 0.6 is 23.5 Å². The third-order valence-electron chi connectivity index (χ3n) is 13.1. The number of imidazole rings is 2. The largest absolute Gasteiger partial charge is 0.472 e. The van der Waals surface area contributed by atoms with Crippen molar-refractivity contribution in [2.75, 3.05) is 37.9 Å². The third-order valence-corrected chi connectivity index (χ3v) is 16.0. The molecule has 3 unspecified atom stereocenters. The fourth-order valence-electron chi connectivity index (χ4n) is 9.25. The summed E-state index contributed by atoms with van der Waals surface area (Å²) in [6.07, 6.45) is -25.5. The van der Waals surface area contributed by atoms with Crippen molar-refractivity contribution in [3.63, 3.8) is 0 Å². The molecule has 6 aromatic rings. The highest BCUT2D eigenvalue weighted by molar-refractivity contribution is 7.48. The monoisotopic (exact) mass is 1220 g/mol. The van der Waals surface area contributed by atoms with E-state index in [1.165, 1.54) is 4.57 Å². The molecule has 0 radical (unpaired) electrons. The Hall–Kier alpha value is -6.21. The van der Waals surface area contributed by atoms with E-state index in [1.54, 1.807) is 0 Å². The number of hydrogen-bond acceptors (Lipinski definition) is 31. The van der Waals surface area contributed by atoms with Gasteiger partial charge in [0.2, 0.25) is 5.95 Å². The quantitative estimate of drug-likeness (QED) is 0.0316. The van der Waals surface area contributed by atoms with Gasteiger partial charge < -0.3 is 75.7 Å². The fourth-order valence-corrected chi connectivity index (χ4v) is 12.1. The van der Waals surface area contributed by atoms with Gasteiger partial charge in [-0.05, 0) is 0 Å². The molecule has 0 amide bonds. The van der Waals surface area contributed by atoms with Crippen LogP contribution in [0.25, 0.3) is 22.3 Å². The zero-order chi connectivity index (χ0) is 58.9. The molecule has 0 spiro atoms. The van der Waals surface area contributed by atoms with E-state index in [9.17, 15) is 83.0 Å². The zero-order valence-electron chi connectivity index (χ0n) is 41.0. The number of phosphoric acid groups is 3. The van der Waals surface area contributed by atoms with Crippen LogP contribution in [0.4, 0.5) is 11.8 Å². The molecule has 82 heavy (non-hydrogen) atoms. The smallest absolute Gasteiger partial charge is 0.394 e. The summed E-state index contributed by atoms with van der Waals surface area (Å²) >= 11 is 0. The molecule has 446 valence electrons. The SMILES string of the molecule is Nc1nc2c(ncn2[C@@H]2O[C@H](COP(=O)(O)O[C@H]3[C@@H](O)[C@H](n4cnc5c(N)ncnc54)O[C@@H]3CO)[C@@H](OP(=O)(O)OC[C@H]3O[C@@H](n4ccc(=O)[nH]c4=O)[C@H](O)[C@@H]3OP(=O)(O)OC[C@H]3O[C@@H](n4ccc(=O)[nH]c4=O)[C@H](O)[C@@H]3O)[C@H]2O)c(=O)[nH]1. The second-order valence-electron chi connectivity index (χ2n) is 18.3. The number of phosphoric ester groups is 3. The normalized spacial score (nSPS) is 32.5. The van der Waals surface area contributed by atoms with Gasteiger partial charge in [0.15, 0.2) is 47.5 Å². The van der Waals surface area contributed by atoms with E-state index in [4.69, 9.17) is 57.6 Å². The summed E-state index contributed by atoms with van der Waals surface area (Å²) in [5.41, 5.74) is 6.22. The summed E-state index contributed by atoms with van der Waals surface area (Å²) in [6, 6.07) is 1.71. The van der Waals surface area contributed by atoms with Crippen molar-refractivity contribution < 1.29 is 105 Å². The van der Waals surface area contributed by atoms with Gasteiger partial charge in [-0.15, -0.1) is 0 Å². The first-order valence-electron chi connectivity index (χ1n) is 23.6. The van der Waals surface area contributed by atoms with Gasteiger partial charge in [-0.3, -0.25) is 74.7 Å². The van der Waals surface area contributed by atoms with Crippen molar-refractivity contribution in [2.45, 2.75) is 98.2 Å². The van der Waals surface area contributed by atoms with E-state index < -0.39 is 182 Å². The predicted octanol–water partition coefficient (Wildman–Crippen LogP) is -6.88. The van der Waals surface area contributed by atoms with Crippen LogP contribution in [0.1, 0.15) is 24.9 Å². The van der Waals surface area contributed by atoms with Crippen LogP contribution in [0.3, 0.4) is 0 Å². The topological polar surface area (TPSA) is 595 Å². The molecule has 0 bridgehead atoms. The number of nitrogens with two attached hydrogens (primary N) is 2. The van der Waals surface area contributed by atoms with Gasteiger partial charge in [-0.2, -0.15) is 4.98 Å². The predicted molar refractivity (Wildman–Crippen MR) is 260 cm³/mol. The Bertz CT molecular complexity index is 3820. The average molecular weight is 1220 g/mol. The molecule has 0 aromatic carbocycles. The molecule has 4 aliphatic heterocycles. The summed E-state index contributed by atoms with van der Waals surface area (Å²) in [5, 5.41) is 65.9. The minimum Gasteiger partial charge on any atom is -0.394 e. The summed E-state index contributed by atoms with van der Waals surface area (Å²) in [4.78, 5) is 120. The summed E-state index contributed by atoms with van der Waals surface area (Å²) in [6.45, 7) is -4.51. The number of nitrogens with one attached hydrogen (secondary N) is 3. The minimum absolute atomic E-state index is 0.0407. The van der Waals surface area contributed by atoms with Crippen LogP contribution in [-0.4, -0.2) is 203 Å². The maximum Gasteiger partial charge on any atom is 0.472 e. The first kappa shape index (κ1) is 59.0. The van der Waals surface area contributed by atoms with Crippen LogP contribution in [0, 0.1) is 0 Å². The number of anilines is 2. The number of H-pyrrole nitrogens is 3. The maximum absolute atomic E-state index is 14.0. The number of ether oxygens (including phenoxy) is 4. The molecular formula is C38H47N14O27P3. The Labute approximate surface area is 451 Å². The Kier molecular flexibility index (Phi) is 16.4. The molecule has 6 aromatic heterocycles. The molecule has 4 fully saturated rings. The van der Waals surface area contributed by atoms with Gasteiger partial charge in [0.05, 0.1) is 39.1 Å². The zero-order valence-corrected chi connectivity index (χ0v) is 43.7. The second-order valence-corrected chi connectivity index (χ2v) is 22.5. The summed E-state index contributed by atoms with van der Waals surface area (Å²) in [5.74, 6) is -0.483. The number of aliphatic hydroxyl groups excluding tert-OH is 6. The lowest BCUT2D eigenvalue weighted by Crippen LogP contribution is -2.39. The third kappa shape index (κ3) is 11.7. The van der Waals surface area contributed by atoms with Gasteiger partial charge in [0, 0.05) is 24.5 Å². The van der Waals surface area contributed by atoms with Crippen molar-refractivity contribution in [1.82, 2.24) is 58.1 Å². The van der Waals surface area contributed by atoms with Crippen molar-refractivity contribution >= 4 is 57.6 Å². The molecule has 0 aliphatic carbocycles. The average Bonchev–Trinajstić information content (AvgIpc) is 3.42. The molecule has 10 rings (SSSR count). The molecule has 10 heterocycles. The number of rotatable bonds is 20. The Morgan fingerprint density at radius 2 is 0.963 bits per heavy atom.